The van der Waals surface area contributed by atoms with Gasteiger partial charge >= 0.3 is 5.97 Å². The number of nitrogens with one attached hydrogen (secondary N) is 4. The van der Waals surface area contributed by atoms with Crippen LogP contribution in [0.1, 0.15) is 39.5 Å². The Morgan fingerprint density at radius 3 is 2.17 bits per heavy atom. The van der Waals surface area contributed by atoms with Gasteiger partial charge in [-0.3, -0.25) is 19.2 Å². The van der Waals surface area contributed by atoms with Gasteiger partial charge < -0.3 is 51.3 Å². The van der Waals surface area contributed by atoms with Gasteiger partial charge in [0.05, 0.1) is 13.0 Å². The number of aliphatic carboxylic acids is 1. The minimum Gasteiger partial charge on any atom is -0.480 e. The highest BCUT2D eigenvalue weighted by Crippen LogP contribution is 2.30. The third kappa shape index (κ3) is 9.08. The van der Waals surface area contributed by atoms with E-state index in [0.29, 0.717) is 12.8 Å². The molecule has 1 heterocycles. The second kappa shape index (κ2) is 14.6. The standard InChI is InChI=1S/C20H35ClN4O11/c1-9(17(31)24-10(2)19(33)34)23-18(32)11(25-21)5-3-4-6-22-13(27)7-20(35)16(30)15(29)14(28)12(8-26)36-20/h9-12,14-16,25-26,28-30,35H,3-8H2,1-2H3,(H,22,27)(H,23,32)(H,24,31)(H,33,34)/t9-,10-,11-,12+,14-,15-,16+,20-/m0/s1. The van der Waals surface area contributed by atoms with Crippen LogP contribution in [0, 0.1) is 0 Å². The van der Waals surface area contributed by atoms with E-state index in [-0.39, 0.29) is 13.0 Å². The third-order valence-corrected chi connectivity index (χ3v) is 5.90. The average molecular weight is 543 g/mol. The highest BCUT2D eigenvalue weighted by atomic mass is 35.5. The summed E-state index contributed by atoms with van der Waals surface area (Å²) >= 11 is 5.62. The van der Waals surface area contributed by atoms with Crippen LogP contribution in [0.2, 0.25) is 0 Å². The van der Waals surface area contributed by atoms with Crippen molar-refractivity contribution in [1.29, 1.82) is 0 Å². The number of carboxylic acids is 1. The zero-order valence-electron chi connectivity index (χ0n) is 19.9. The molecule has 1 saturated heterocycles. The van der Waals surface area contributed by atoms with Gasteiger partial charge in [-0.1, -0.05) is 0 Å². The zero-order valence-corrected chi connectivity index (χ0v) is 20.6. The molecule has 0 radical (unpaired) electrons. The number of unbranched alkanes of at least 4 members (excludes halogenated alkanes) is 1. The van der Waals surface area contributed by atoms with Gasteiger partial charge in [-0.05, 0) is 44.9 Å². The Kier molecular flexibility index (Phi) is 12.9. The van der Waals surface area contributed by atoms with Crippen LogP contribution in [0.15, 0.2) is 0 Å². The summed E-state index contributed by atoms with van der Waals surface area (Å²) in [6, 6.07) is -3.03. The van der Waals surface area contributed by atoms with Gasteiger partial charge in [-0.15, -0.1) is 0 Å². The lowest BCUT2D eigenvalue weighted by Gasteiger charge is -2.45. The summed E-state index contributed by atoms with van der Waals surface area (Å²) in [6.07, 6.45) is -6.66. The smallest absolute Gasteiger partial charge is 0.325 e. The maximum Gasteiger partial charge on any atom is 0.325 e. The summed E-state index contributed by atoms with van der Waals surface area (Å²) in [5.41, 5.74) is 0. The lowest BCUT2D eigenvalue weighted by molar-refractivity contribution is -0.348. The normalized spacial score (nSPS) is 28.4. The van der Waals surface area contributed by atoms with Gasteiger partial charge in [0.25, 0.3) is 0 Å². The van der Waals surface area contributed by atoms with Gasteiger partial charge in [0.1, 0.15) is 42.5 Å². The van der Waals surface area contributed by atoms with Crippen molar-refractivity contribution in [3.05, 3.63) is 0 Å². The number of hydrogen-bond acceptors (Lipinski definition) is 11. The molecule has 3 amide bonds. The van der Waals surface area contributed by atoms with Crippen LogP contribution in [-0.2, 0) is 23.9 Å². The van der Waals surface area contributed by atoms with Crippen LogP contribution in [-0.4, -0.2) is 116 Å². The van der Waals surface area contributed by atoms with Crippen molar-refractivity contribution in [2.75, 3.05) is 13.2 Å². The van der Waals surface area contributed by atoms with Crippen molar-refractivity contribution in [1.82, 2.24) is 20.8 Å². The topological polar surface area (TPSA) is 247 Å². The molecule has 1 aliphatic heterocycles. The lowest BCUT2D eigenvalue weighted by Crippen LogP contribution is -2.66. The fourth-order valence-corrected chi connectivity index (χ4v) is 3.58. The van der Waals surface area contributed by atoms with E-state index < -0.39 is 85.0 Å². The Balaban J connectivity index is 2.42. The molecular weight excluding hydrogens is 508 g/mol. The molecule has 0 spiro atoms. The van der Waals surface area contributed by atoms with E-state index in [9.17, 15) is 44.7 Å². The van der Waals surface area contributed by atoms with Crippen molar-refractivity contribution >= 4 is 35.5 Å². The summed E-state index contributed by atoms with van der Waals surface area (Å²) in [5.74, 6) is -5.76. The van der Waals surface area contributed by atoms with E-state index in [0.717, 1.165) is 0 Å². The first-order valence-electron chi connectivity index (χ1n) is 11.3. The molecule has 1 fully saturated rings. The number of aliphatic hydroxyl groups is 5. The SMILES string of the molecule is C[C@H](NC(=O)[C@H](C)NC(=O)[C@H](CCCCNC(=O)C[C@]1(O)O[C@H](CO)[C@H](O)[C@H](O)[C@H]1O)NCl)C(=O)O. The maximum absolute atomic E-state index is 12.3. The summed E-state index contributed by atoms with van der Waals surface area (Å²) in [5, 5.41) is 65.1. The molecule has 10 N–H and O–H groups in total. The number of carbonyl (C=O) groups excluding carboxylic acids is 3. The van der Waals surface area contributed by atoms with Crippen LogP contribution in [0.5, 0.6) is 0 Å². The molecule has 0 bridgehead atoms. The Bertz CT molecular complexity index is 774. The predicted octanol–water partition coefficient (Wildman–Crippen LogP) is -3.97. The van der Waals surface area contributed by atoms with Crippen LogP contribution in [0.4, 0.5) is 0 Å². The first-order valence-corrected chi connectivity index (χ1v) is 11.7. The minimum atomic E-state index is -2.52. The Morgan fingerprint density at radius 1 is 1.00 bits per heavy atom. The number of aliphatic hydroxyl groups excluding tert-OH is 4. The molecule has 0 aromatic heterocycles. The van der Waals surface area contributed by atoms with Crippen LogP contribution < -0.4 is 20.8 Å². The molecule has 0 saturated carbocycles. The molecule has 0 unspecified atom stereocenters. The summed E-state index contributed by atoms with van der Waals surface area (Å²) < 4.78 is 5.03. The van der Waals surface area contributed by atoms with Crippen molar-refractivity contribution in [3.8, 4) is 0 Å². The fraction of sp³-hybridized carbons (Fsp3) is 0.800. The Hall–Kier alpha value is -2.11. The van der Waals surface area contributed by atoms with E-state index >= 15 is 0 Å². The molecule has 36 heavy (non-hydrogen) atoms. The van der Waals surface area contributed by atoms with E-state index in [1.54, 1.807) is 0 Å². The molecule has 15 nitrogen and oxygen atoms in total. The van der Waals surface area contributed by atoms with E-state index in [1.165, 1.54) is 13.8 Å². The van der Waals surface area contributed by atoms with Crippen LogP contribution in [0.25, 0.3) is 0 Å². The van der Waals surface area contributed by atoms with E-state index in [1.807, 2.05) is 0 Å². The summed E-state index contributed by atoms with van der Waals surface area (Å²) in [6.45, 7) is 2.01. The second-order valence-corrected chi connectivity index (χ2v) is 8.81. The van der Waals surface area contributed by atoms with Gasteiger partial charge in [0.2, 0.25) is 23.5 Å². The molecule has 8 atom stereocenters. The maximum atomic E-state index is 12.3. The fourth-order valence-electron chi connectivity index (χ4n) is 3.38. The monoisotopic (exact) mass is 542 g/mol. The van der Waals surface area contributed by atoms with Gasteiger partial charge in [0.15, 0.2) is 0 Å². The molecule has 0 aromatic carbocycles. The predicted molar refractivity (Wildman–Crippen MR) is 122 cm³/mol. The number of rotatable bonds is 14. The third-order valence-electron chi connectivity index (χ3n) is 5.64. The van der Waals surface area contributed by atoms with Crippen LogP contribution in [0.3, 0.4) is 0 Å². The molecule has 0 aromatic rings. The highest BCUT2D eigenvalue weighted by molar-refractivity contribution is 6.15. The van der Waals surface area contributed by atoms with Crippen molar-refractivity contribution in [2.45, 2.75) is 87.9 Å². The number of hydrogen-bond donors (Lipinski definition) is 10. The summed E-state index contributed by atoms with van der Waals surface area (Å²) in [4.78, 5) is 49.6. The zero-order chi connectivity index (χ0) is 27.6. The Morgan fingerprint density at radius 2 is 1.61 bits per heavy atom. The molecule has 16 heteroatoms. The molecule has 0 aliphatic carbocycles. The number of carboxylic acid groups (broad SMARTS) is 1. The second-order valence-electron chi connectivity index (χ2n) is 8.59. The first kappa shape index (κ1) is 31.9. The Labute approximate surface area is 212 Å². The van der Waals surface area contributed by atoms with E-state index in [4.69, 9.17) is 21.6 Å². The van der Waals surface area contributed by atoms with Crippen molar-refractivity contribution < 1.29 is 54.6 Å². The number of ether oxygens (including phenoxy) is 1. The first-order chi connectivity index (χ1) is 16.8. The quantitative estimate of drug-likeness (QED) is 0.0745. The van der Waals surface area contributed by atoms with Gasteiger partial charge in [-0.25, -0.2) is 4.84 Å². The number of halogens is 1. The largest absolute Gasteiger partial charge is 0.480 e. The number of carbonyl (C=O) groups is 4. The van der Waals surface area contributed by atoms with Gasteiger partial charge in [-0.2, -0.15) is 0 Å². The minimum absolute atomic E-state index is 0.113. The lowest BCUT2D eigenvalue weighted by atomic mass is 9.90. The van der Waals surface area contributed by atoms with E-state index in [2.05, 4.69) is 20.8 Å². The summed E-state index contributed by atoms with van der Waals surface area (Å²) in [7, 11) is 0. The number of amides is 3. The molecule has 1 rings (SSSR count). The van der Waals surface area contributed by atoms with Crippen LogP contribution >= 0.6 is 11.8 Å². The molecule has 208 valence electrons. The van der Waals surface area contributed by atoms with Crippen molar-refractivity contribution in [3.63, 3.8) is 0 Å². The molecular formula is C20H35ClN4O11. The highest BCUT2D eigenvalue weighted by Gasteiger charge is 2.53. The van der Waals surface area contributed by atoms with Gasteiger partial charge in [0, 0.05) is 6.54 Å². The molecule has 1 aliphatic rings. The van der Waals surface area contributed by atoms with Crippen molar-refractivity contribution in [2.24, 2.45) is 0 Å². The average Bonchev–Trinajstić information content (AvgIpc) is 2.82.